The Hall–Kier alpha value is -3.36. The number of ether oxygens (including phenoxy) is 1. The number of nitriles is 1. The summed E-state index contributed by atoms with van der Waals surface area (Å²) in [7, 11) is 0. The molecular weight excluding hydrogens is 486 g/mol. The monoisotopic (exact) mass is 521 g/mol. The number of hydrogen-bond acceptors (Lipinski definition) is 8. The van der Waals surface area contributed by atoms with Gasteiger partial charge in [0, 0.05) is 56.4 Å². The molecule has 0 N–H and O–H groups in total. The van der Waals surface area contributed by atoms with Crippen molar-refractivity contribution >= 4 is 28.8 Å². The van der Waals surface area contributed by atoms with Crippen molar-refractivity contribution in [3.8, 4) is 6.07 Å². The molecule has 1 spiro atoms. The number of rotatable bonds is 5. The van der Waals surface area contributed by atoms with Gasteiger partial charge in [0.15, 0.2) is 0 Å². The van der Waals surface area contributed by atoms with Crippen LogP contribution in [0.3, 0.4) is 0 Å². The highest BCUT2D eigenvalue weighted by molar-refractivity contribution is 6.06. The minimum absolute atomic E-state index is 0.0694. The predicted molar refractivity (Wildman–Crippen MR) is 137 cm³/mol. The molecule has 3 fully saturated rings. The molecule has 202 valence electrons. The van der Waals surface area contributed by atoms with E-state index in [1.165, 1.54) is 4.90 Å². The number of amides is 3. The zero-order valence-corrected chi connectivity index (χ0v) is 22.4. The van der Waals surface area contributed by atoms with Crippen LogP contribution in [-0.4, -0.2) is 92.9 Å². The van der Waals surface area contributed by atoms with Crippen molar-refractivity contribution in [2.24, 2.45) is 10.8 Å². The second-order valence-corrected chi connectivity index (χ2v) is 11.9. The van der Waals surface area contributed by atoms with Crippen molar-refractivity contribution in [1.82, 2.24) is 29.2 Å². The molecule has 2 aromatic heterocycles. The molecule has 3 aliphatic rings. The van der Waals surface area contributed by atoms with Crippen LogP contribution in [0.1, 0.15) is 51.6 Å². The van der Waals surface area contributed by atoms with Crippen LogP contribution < -0.4 is 0 Å². The largest absolute Gasteiger partial charge is 0.379 e. The fourth-order valence-electron chi connectivity index (χ4n) is 5.74. The Morgan fingerprint density at radius 1 is 1.16 bits per heavy atom. The van der Waals surface area contributed by atoms with Gasteiger partial charge in [0.2, 0.25) is 23.5 Å². The summed E-state index contributed by atoms with van der Waals surface area (Å²) >= 11 is 0. The predicted octanol–water partition coefficient (Wildman–Crippen LogP) is 1.55. The summed E-state index contributed by atoms with van der Waals surface area (Å²) in [6.07, 6.45) is 2.77. The second kappa shape index (κ2) is 10.1. The Bertz CT molecular complexity index is 1290. The van der Waals surface area contributed by atoms with Crippen molar-refractivity contribution in [2.75, 3.05) is 45.9 Å². The van der Waals surface area contributed by atoms with E-state index in [0.29, 0.717) is 57.9 Å². The zero-order valence-electron chi connectivity index (χ0n) is 22.4. The van der Waals surface area contributed by atoms with Crippen LogP contribution in [0.4, 0.5) is 0 Å². The first kappa shape index (κ1) is 26.3. The van der Waals surface area contributed by atoms with Gasteiger partial charge < -0.3 is 14.2 Å². The van der Waals surface area contributed by atoms with Crippen LogP contribution in [0, 0.1) is 22.2 Å². The highest BCUT2D eigenvalue weighted by atomic mass is 16.5. The molecule has 0 atom stereocenters. The summed E-state index contributed by atoms with van der Waals surface area (Å²) in [4.78, 5) is 53.5. The first-order chi connectivity index (χ1) is 18.1. The number of imide groups is 1. The summed E-state index contributed by atoms with van der Waals surface area (Å²) in [6, 6.07) is 3.89. The SMILES string of the molecule is CC(C)(C)Cn1c(CN2C(=O)CC3(CCN(C(=O)CN4CCOCC4)CC3)C2=O)cc2cnc(C#N)nc21. The molecule has 11 nitrogen and oxygen atoms in total. The number of carbonyl (C=O) groups excluding carboxylic acids is 3. The van der Waals surface area contributed by atoms with Crippen molar-refractivity contribution in [2.45, 2.75) is 53.1 Å². The van der Waals surface area contributed by atoms with Gasteiger partial charge in [-0.05, 0) is 24.3 Å². The number of hydrogen-bond donors (Lipinski definition) is 0. The van der Waals surface area contributed by atoms with E-state index < -0.39 is 5.41 Å². The Labute approximate surface area is 222 Å². The lowest BCUT2D eigenvalue weighted by Crippen LogP contribution is -2.50. The minimum atomic E-state index is -0.749. The third kappa shape index (κ3) is 5.15. The van der Waals surface area contributed by atoms with Crippen LogP contribution in [0.15, 0.2) is 12.3 Å². The van der Waals surface area contributed by atoms with Gasteiger partial charge in [0.25, 0.3) is 0 Å². The third-order valence-corrected chi connectivity index (χ3v) is 7.80. The molecule has 0 aliphatic carbocycles. The summed E-state index contributed by atoms with van der Waals surface area (Å²) in [5.74, 6) is -0.182. The molecule has 0 aromatic carbocycles. The number of carbonyl (C=O) groups is 3. The third-order valence-electron chi connectivity index (χ3n) is 7.80. The van der Waals surface area contributed by atoms with Gasteiger partial charge in [-0.25, -0.2) is 9.97 Å². The second-order valence-electron chi connectivity index (χ2n) is 11.9. The lowest BCUT2D eigenvalue weighted by atomic mass is 9.77. The molecular formula is C27H35N7O4. The summed E-state index contributed by atoms with van der Waals surface area (Å²) < 4.78 is 7.36. The lowest BCUT2D eigenvalue weighted by Gasteiger charge is -2.38. The number of likely N-dealkylation sites (tertiary alicyclic amines) is 2. The highest BCUT2D eigenvalue weighted by Crippen LogP contribution is 2.43. The standard InChI is InChI=1S/C27H35N7O4/c1-26(2,3)18-34-20(12-19-15-29-21(14-28)30-24(19)34)16-33-22(35)13-27(25(33)37)4-6-32(7-5-27)23(36)17-31-8-10-38-11-9-31/h12,15H,4-11,13,16-18H2,1-3H3. The normalized spacial score (nSPS) is 20.5. The van der Waals surface area contributed by atoms with Crippen LogP contribution in [0.2, 0.25) is 0 Å². The van der Waals surface area contributed by atoms with E-state index in [2.05, 4.69) is 35.6 Å². The number of piperidine rings is 1. The Kier molecular flexibility index (Phi) is 6.96. The van der Waals surface area contributed by atoms with Crippen LogP contribution in [-0.2, 0) is 32.2 Å². The first-order valence-corrected chi connectivity index (χ1v) is 13.3. The van der Waals surface area contributed by atoms with E-state index in [4.69, 9.17) is 4.74 Å². The Balaban J connectivity index is 1.31. The molecule has 3 aliphatic heterocycles. The number of morpholine rings is 1. The van der Waals surface area contributed by atoms with E-state index >= 15 is 0 Å². The summed E-state index contributed by atoms with van der Waals surface area (Å²) in [5, 5.41) is 10.1. The number of aromatic nitrogens is 3. The van der Waals surface area contributed by atoms with E-state index in [0.717, 1.165) is 24.2 Å². The quantitative estimate of drug-likeness (QED) is 0.543. The van der Waals surface area contributed by atoms with E-state index in [1.54, 1.807) is 6.20 Å². The number of nitrogens with zero attached hydrogens (tertiary/aromatic N) is 7. The maximum atomic E-state index is 13.7. The Morgan fingerprint density at radius 3 is 2.53 bits per heavy atom. The number of fused-ring (bicyclic) bond motifs is 1. The zero-order chi connectivity index (χ0) is 27.1. The van der Waals surface area contributed by atoms with Crippen molar-refractivity contribution in [3.05, 3.63) is 23.8 Å². The fourth-order valence-corrected chi connectivity index (χ4v) is 5.74. The molecule has 3 saturated heterocycles. The van der Waals surface area contributed by atoms with Crippen molar-refractivity contribution in [3.63, 3.8) is 0 Å². The van der Waals surface area contributed by atoms with Crippen LogP contribution in [0.25, 0.3) is 11.0 Å². The summed E-state index contributed by atoms with van der Waals surface area (Å²) in [6.45, 7) is 11.2. The maximum absolute atomic E-state index is 13.7. The van der Waals surface area contributed by atoms with Gasteiger partial charge in [-0.15, -0.1) is 0 Å². The topological polar surface area (TPSA) is 125 Å². The molecule has 5 rings (SSSR count). The molecule has 2 aromatic rings. The smallest absolute Gasteiger partial charge is 0.236 e. The molecule has 11 heteroatoms. The van der Waals surface area contributed by atoms with Gasteiger partial charge in [0.05, 0.1) is 31.7 Å². The van der Waals surface area contributed by atoms with Crippen molar-refractivity contribution < 1.29 is 19.1 Å². The molecule has 0 unspecified atom stereocenters. The molecule has 5 heterocycles. The lowest BCUT2D eigenvalue weighted by molar-refractivity contribution is -0.146. The van der Waals surface area contributed by atoms with Gasteiger partial charge in [-0.3, -0.25) is 24.2 Å². The average molecular weight is 522 g/mol. The van der Waals surface area contributed by atoms with E-state index in [1.807, 2.05) is 21.6 Å². The van der Waals surface area contributed by atoms with Gasteiger partial charge in [0.1, 0.15) is 11.7 Å². The molecule has 3 amide bonds. The minimum Gasteiger partial charge on any atom is -0.379 e. The average Bonchev–Trinajstić information content (AvgIpc) is 3.32. The first-order valence-electron chi connectivity index (χ1n) is 13.3. The molecule has 38 heavy (non-hydrogen) atoms. The van der Waals surface area contributed by atoms with Gasteiger partial charge in [-0.2, -0.15) is 5.26 Å². The van der Waals surface area contributed by atoms with Crippen LogP contribution in [0.5, 0.6) is 0 Å². The molecule has 0 radical (unpaired) electrons. The highest BCUT2D eigenvalue weighted by Gasteiger charge is 2.53. The van der Waals surface area contributed by atoms with Crippen molar-refractivity contribution in [1.29, 1.82) is 5.26 Å². The summed E-state index contributed by atoms with van der Waals surface area (Å²) in [5.41, 5.74) is 0.569. The van der Waals surface area contributed by atoms with Gasteiger partial charge in [-0.1, -0.05) is 20.8 Å². The Morgan fingerprint density at radius 2 is 1.87 bits per heavy atom. The van der Waals surface area contributed by atoms with E-state index in [9.17, 15) is 19.6 Å². The fraction of sp³-hybridized carbons (Fsp3) is 0.630. The van der Waals surface area contributed by atoms with Crippen LogP contribution >= 0.6 is 0 Å². The maximum Gasteiger partial charge on any atom is 0.236 e. The van der Waals surface area contributed by atoms with Gasteiger partial charge >= 0.3 is 0 Å². The van der Waals surface area contributed by atoms with E-state index in [-0.39, 0.29) is 41.9 Å². The molecule has 0 saturated carbocycles. The molecule has 0 bridgehead atoms.